The van der Waals surface area contributed by atoms with Crippen LogP contribution in [0.3, 0.4) is 0 Å². The number of nitrogens with zero attached hydrogens (tertiary/aromatic N) is 3. The van der Waals surface area contributed by atoms with Gasteiger partial charge in [0.05, 0.1) is 15.8 Å². The van der Waals surface area contributed by atoms with E-state index in [0.717, 1.165) is 25.1 Å². The van der Waals surface area contributed by atoms with Crippen LogP contribution in [0.15, 0.2) is 4.47 Å². The van der Waals surface area contributed by atoms with Gasteiger partial charge < -0.3 is 5.11 Å². The van der Waals surface area contributed by atoms with Crippen molar-refractivity contribution in [3.8, 4) is 6.07 Å². The van der Waals surface area contributed by atoms with Crippen LogP contribution in [-0.2, 0) is 13.0 Å². The molecule has 0 unspecified atom stereocenters. The van der Waals surface area contributed by atoms with E-state index in [1.165, 1.54) is 0 Å². The van der Waals surface area contributed by atoms with Crippen molar-refractivity contribution in [2.45, 2.75) is 52.2 Å². The lowest BCUT2D eigenvalue weighted by Crippen LogP contribution is -2.24. The molecular weight excluding hydrogens is 282 g/mol. The average molecular weight is 300 g/mol. The number of hydrogen-bond donors (Lipinski definition) is 1. The zero-order valence-electron chi connectivity index (χ0n) is 10.5. The molecule has 0 spiro atoms. The first kappa shape index (κ1) is 14.2. The molecule has 0 radical (unpaired) electrons. The van der Waals surface area contributed by atoms with Gasteiger partial charge in [0.15, 0.2) is 5.69 Å². The quantitative estimate of drug-likeness (QED) is 0.909. The molecule has 5 heteroatoms. The van der Waals surface area contributed by atoms with E-state index in [0.29, 0.717) is 16.6 Å². The molecule has 1 aromatic heterocycles. The summed E-state index contributed by atoms with van der Waals surface area (Å²) >= 11 is 3.39. The number of rotatable bonds is 5. The summed E-state index contributed by atoms with van der Waals surface area (Å²) in [5, 5.41) is 23.1. The van der Waals surface area contributed by atoms with Crippen molar-refractivity contribution < 1.29 is 5.11 Å². The van der Waals surface area contributed by atoms with Gasteiger partial charge in [-0.05, 0) is 36.2 Å². The standard InChI is InChI=1S/C12H18BrN3O/c1-4-5-6-16-10(7-12(2,3)17)11(13)9(8-14)15-16/h17H,4-7H2,1-3H3. The van der Waals surface area contributed by atoms with Crippen molar-refractivity contribution in [3.05, 3.63) is 15.9 Å². The fourth-order valence-corrected chi connectivity index (χ4v) is 2.13. The molecule has 1 aromatic rings. The van der Waals surface area contributed by atoms with E-state index in [2.05, 4.69) is 34.0 Å². The molecule has 1 N–H and O–H groups in total. The molecule has 0 saturated carbocycles. The smallest absolute Gasteiger partial charge is 0.176 e. The van der Waals surface area contributed by atoms with E-state index in [1.54, 1.807) is 13.8 Å². The number of aromatic nitrogens is 2. The van der Waals surface area contributed by atoms with Crippen LogP contribution in [0.2, 0.25) is 0 Å². The van der Waals surface area contributed by atoms with Gasteiger partial charge in [-0.25, -0.2) is 0 Å². The van der Waals surface area contributed by atoms with Crippen molar-refractivity contribution in [2.75, 3.05) is 0 Å². The number of unbranched alkanes of at least 4 members (excludes halogenated alkanes) is 1. The van der Waals surface area contributed by atoms with Crippen LogP contribution in [0, 0.1) is 11.3 Å². The molecule has 0 atom stereocenters. The van der Waals surface area contributed by atoms with Crippen LogP contribution in [0.5, 0.6) is 0 Å². The van der Waals surface area contributed by atoms with Gasteiger partial charge in [-0.2, -0.15) is 10.4 Å². The maximum Gasteiger partial charge on any atom is 0.176 e. The van der Waals surface area contributed by atoms with Gasteiger partial charge in [-0.1, -0.05) is 13.3 Å². The topological polar surface area (TPSA) is 61.8 Å². The molecule has 94 valence electrons. The van der Waals surface area contributed by atoms with E-state index >= 15 is 0 Å². The zero-order valence-corrected chi connectivity index (χ0v) is 12.1. The molecule has 0 aliphatic heterocycles. The molecule has 17 heavy (non-hydrogen) atoms. The van der Waals surface area contributed by atoms with Gasteiger partial charge >= 0.3 is 0 Å². The van der Waals surface area contributed by atoms with E-state index in [4.69, 9.17) is 5.26 Å². The summed E-state index contributed by atoms with van der Waals surface area (Å²) in [6, 6.07) is 2.06. The number of aryl methyl sites for hydroxylation is 1. The maximum atomic E-state index is 9.88. The van der Waals surface area contributed by atoms with E-state index < -0.39 is 5.60 Å². The third-order valence-corrected chi connectivity index (χ3v) is 3.26. The number of aliphatic hydroxyl groups is 1. The van der Waals surface area contributed by atoms with Crippen LogP contribution in [0.25, 0.3) is 0 Å². The number of hydrogen-bond acceptors (Lipinski definition) is 3. The van der Waals surface area contributed by atoms with Crippen molar-refractivity contribution in [1.82, 2.24) is 9.78 Å². The van der Waals surface area contributed by atoms with Gasteiger partial charge in [-0.15, -0.1) is 0 Å². The normalized spacial score (nSPS) is 11.5. The zero-order chi connectivity index (χ0) is 13.1. The third-order valence-electron chi connectivity index (χ3n) is 2.42. The molecule has 1 rings (SSSR count). The molecule has 0 fully saturated rings. The molecule has 0 saturated heterocycles. The van der Waals surface area contributed by atoms with Gasteiger partial charge in [0.25, 0.3) is 0 Å². The Morgan fingerprint density at radius 3 is 2.65 bits per heavy atom. The van der Waals surface area contributed by atoms with Gasteiger partial charge in [0, 0.05) is 13.0 Å². The highest BCUT2D eigenvalue weighted by molar-refractivity contribution is 9.10. The Morgan fingerprint density at radius 1 is 1.53 bits per heavy atom. The van der Waals surface area contributed by atoms with E-state index in [9.17, 15) is 5.11 Å². The lowest BCUT2D eigenvalue weighted by atomic mass is 10.0. The molecule has 1 heterocycles. The van der Waals surface area contributed by atoms with Crippen LogP contribution < -0.4 is 0 Å². The van der Waals surface area contributed by atoms with Gasteiger partial charge in [0.1, 0.15) is 6.07 Å². The van der Waals surface area contributed by atoms with Crippen molar-refractivity contribution in [1.29, 1.82) is 5.26 Å². The Balaban J connectivity index is 3.06. The maximum absolute atomic E-state index is 9.88. The van der Waals surface area contributed by atoms with Crippen LogP contribution >= 0.6 is 15.9 Å². The molecule has 0 aliphatic carbocycles. The monoisotopic (exact) mass is 299 g/mol. The predicted molar refractivity (Wildman–Crippen MR) is 69.6 cm³/mol. The Labute approximate surface area is 110 Å². The second-order valence-electron chi connectivity index (χ2n) is 4.79. The number of nitriles is 1. The summed E-state index contributed by atoms with van der Waals surface area (Å²) in [5.41, 5.74) is 0.474. The Bertz CT molecular complexity index is 426. The lowest BCUT2D eigenvalue weighted by Gasteiger charge is -2.18. The Morgan fingerprint density at radius 2 is 2.18 bits per heavy atom. The minimum atomic E-state index is -0.806. The lowest BCUT2D eigenvalue weighted by molar-refractivity contribution is 0.0784. The summed E-state index contributed by atoms with van der Waals surface area (Å²) in [6.07, 6.45) is 2.56. The molecule has 0 aromatic carbocycles. The highest BCUT2D eigenvalue weighted by Crippen LogP contribution is 2.25. The molecule has 0 amide bonds. The van der Waals surface area contributed by atoms with E-state index in [1.807, 2.05) is 4.68 Å². The highest BCUT2D eigenvalue weighted by atomic mass is 79.9. The molecule has 0 bridgehead atoms. The summed E-state index contributed by atoms with van der Waals surface area (Å²) < 4.78 is 2.53. The SMILES string of the molecule is CCCCn1nc(C#N)c(Br)c1CC(C)(C)O. The first-order valence-corrected chi connectivity index (χ1v) is 6.56. The fourth-order valence-electron chi connectivity index (χ4n) is 1.62. The second-order valence-corrected chi connectivity index (χ2v) is 5.58. The van der Waals surface area contributed by atoms with Crippen molar-refractivity contribution in [2.24, 2.45) is 0 Å². The van der Waals surface area contributed by atoms with Crippen LogP contribution in [0.1, 0.15) is 45.0 Å². The van der Waals surface area contributed by atoms with Crippen LogP contribution in [-0.4, -0.2) is 20.5 Å². The largest absolute Gasteiger partial charge is 0.390 e. The highest BCUT2D eigenvalue weighted by Gasteiger charge is 2.22. The Kier molecular flexibility index (Phi) is 4.72. The molecular formula is C12H18BrN3O. The fraction of sp³-hybridized carbons (Fsp3) is 0.667. The second kappa shape index (κ2) is 5.65. The first-order valence-electron chi connectivity index (χ1n) is 5.76. The Hall–Kier alpha value is -0.860. The minimum absolute atomic E-state index is 0.389. The first-order chi connectivity index (χ1) is 7.89. The summed E-state index contributed by atoms with van der Waals surface area (Å²) in [7, 11) is 0. The van der Waals surface area contributed by atoms with Crippen molar-refractivity contribution in [3.63, 3.8) is 0 Å². The predicted octanol–water partition coefficient (Wildman–Crippen LogP) is 2.63. The average Bonchev–Trinajstić information content (AvgIpc) is 2.51. The molecule has 0 aliphatic rings. The third kappa shape index (κ3) is 3.83. The summed E-state index contributed by atoms with van der Waals surface area (Å²) in [6.45, 7) is 6.40. The number of halogens is 1. The van der Waals surface area contributed by atoms with Crippen molar-refractivity contribution >= 4 is 15.9 Å². The van der Waals surface area contributed by atoms with E-state index in [-0.39, 0.29) is 0 Å². The van der Waals surface area contributed by atoms with Gasteiger partial charge in [-0.3, -0.25) is 4.68 Å². The summed E-state index contributed by atoms with van der Waals surface area (Å²) in [5.74, 6) is 0. The summed E-state index contributed by atoms with van der Waals surface area (Å²) in [4.78, 5) is 0. The molecule has 4 nitrogen and oxygen atoms in total. The van der Waals surface area contributed by atoms with Crippen LogP contribution in [0.4, 0.5) is 0 Å². The van der Waals surface area contributed by atoms with Gasteiger partial charge in [0.2, 0.25) is 0 Å². The minimum Gasteiger partial charge on any atom is -0.390 e.